The molecule has 0 aliphatic carbocycles. The number of anilines is 1. The standard InChI is InChI=1S/C26H24F2N6O4S/c1-4-19(36)33-7-5-13(12-33)34-24-15(26-30-6-8-39-26)11-31-25(29)20(24)23(32-34)16(35)9-14-21(27)17(37-2)10-18(38-3)22(14)28/h4,6,8,10-11,13H,1,5,7,9,12H2,2-3H3,(H2,29,31)/t13-/m0/s1. The minimum absolute atomic E-state index is 0.0288. The summed E-state index contributed by atoms with van der Waals surface area (Å²) in [5.41, 5.74) is 6.75. The summed E-state index contributed by atoms with van der Waals surface area (Å²) < 4.78 is 41.8. The Morgan fingerprint density at radius 3 is 2.56 bits per heavy atom. The van der Waals surface area contributed by atoms with Crippen LogP contribution in [0, 0.1) is 11.6 Å². The number of ketones is 1. The molecule has 5 rings (SSSR count). The van der Waals surface area contributed by atoms with Gasteiger partial charge in [0.15, 0.2) is 28.9 Å². The van der Waals surface area contributed by atoms with Gasteiger partial charge in [0.2, 0.25) is 5.91 Å². The van der Waals surface area contributed by atoms with E-state index >= 15 is 8.78 Å². The highest BCUT2D eigenvalue weighted by atomic mass is 32.1. The fourth-order valence-electron chi connectivity index (χ4n) is 4.77. The average molecular weight is 555 g/mol. The third-order valence-corrected chi connectivity index (χ3v) is 7.49. The predicted octanol–water partition coefficient (Wildman–Crippen LogP) is 3.82. The van der Waals surface area contributed by atoms with Crippen molar-refractivity contribution in [1.82, 2.24) is 24.6 Å². The third kappa shape index (κ3) is 4.48. The van der Waals surface area contributed by atoms with Crippen molar-refractivity contribution >= 4 is 39.7 Å². The Morgan fingerprint density at radius 1 is 1.23 bits per heavy atom. The van der Waals surface area contributed by atoms with Gasteiger partial charge in [0.25, 0.3) is 0 Å². The molecule has 0 radical (unpaired) electrons. The summed E-state index contributed by atoms with van der Waals surface area (Å²) in [6, 6.07) is 0.769. The molecule has 1 saturated heterocycles. The summed E-state index contributed by atoms with van der Waals surface area (Å²) in [4.78, 5) is 36.2. The Bertz CT molecular complexity index is 1580. The normalized spacial score (nSPS) is 15.1. The van der Waals surface area contributed by atoms with Crippen LogP contribution in [0.5, 0.6) is 11.5 Å². The number of hydrogen-bond acceptors (Lipinski definition) is 9. The Labute approximate surface area is 225 Å². The summed E-state index contributed by atoms with van der Waals surface area (Å²) in [6.07, 6.45) is 4.31. The number of nitrogens with zero attached hydrogens (tertiary/aromatic N) is 5. The first-order valence-corrected chi connectivity index (χ1v) is 12.8. The Balaban J connectivity index is 1.66. The average Bonchev–Trinajstić information content (AvgIpc) is 3.71. The molecule has 1 atom stereocenters. The fraction of sp³-hybridized carbons (Fsp3) is 0.269. The number of likely N-dealkylation sites (tertiary alicyclic amines) is 1. The molecule has 13 heteroatoms. The van der Waals surface area contributed by atoms with Gasteiger partial charge in [-0.15, -0.1) is 11.3 Å². The van der Waals surface area contributed by atoms with Crippen LogP contribution < -0.4 is 15.2 Å². The summed E-state index contributed by atoms with van der Waals surface area (Å²) >= 11 is 1.37. The summed E-state index contributed by atoms with van der Waals surface area (Å²) in [7, 11) is 2.45. The van der Waals surface area contributed by atoms with E-state index in [1.807, 2.05) is 0 Å². The molecule has 2 N–H and O–H groups in total. The van der Waals surface area contributed by atoms with Crippen molar-refractivity contribution in [3.05, 3.63) is 59.4 Å². The summed E-state index contributed by atoms with van der Waals surface area (Å²) in [5, 5.41) is 7.28. The number of hydrogen-bond donors (Lipinski definition) is 1. The van der Waals surface area contributed by atoms with E-state index in [9.17, 15) is 9.59 Å². The molecular formula is C26H24F2N6O4S. The van der Waals surface area contributed by atoms with Gasteiger partial charge in [0.05, 0.1) is 36.7 Å². The molecule has 0 saturated carbocycles. The van der Waals surface area contributed by atoms with Gasteiger partial charge in [-0.25, -0.2) is 18.7 Å². The van der Waals surface area contributed by atoms with Crippen LogP contribution in [0.2, 0.25) is 0 Å². The van der Waals surface area contributed by atoms with Crippen LogP contribution in [0.15, 0.2) is 36.5 Å². The van der Waals surface area contributed by atoms with E-state index < -0.39 is 29.4 Å². The molecule has 4 heterocycles. The van der Waals surface area contributed by atoms with Gasteiger partial charge in [-0.05, 0) is 12.5 Å². The van der Waals surface area contributed by atoms with E-state index in [4.69, 9.17) is 15.2 Å². The number of Topliss-reactive ketones (excluding diaryl/α,β-unsaturated/α-hetero) is 1. The van der Waals surface area contributed by atoms with Crippen LogP contribution in [0.3, 0.4) is 0 Å². The largest absolute Gasteiger partial charge is 0.494 e. The lowest BCUT2D eigenvalue weighted by atomic mass is 10.0. The highest BCUT2D eigenvalue weighted by molar-refractivity contribution is 7.13. The molecule has 1 amide bonds. The molecule has 4 aromatic rings. The zero-order chi connectivity index (χ0) is 27.8. The van der Waals surface area contributed by atoms with Crippen LogP contribution in [-0.4, -0.2) is 63.6 Å². The predicted molar refractivity (Wildman–Crippen MR) is 141 cm³/mol. The first-order chi connectivity index (χ1) is 18.8. The molecule has 1 aliphatic heterocycles. The van der Waals surface area contributed by atoms with Crippen molar-refractivity contribution in [3.63, 3.8) is 0 Å². The zero-order valence-electron chi connectivity index (χ0n) is 21.1. The molecule has 202 valence electrons. The van der Waals surface area contributed by atoms with E-state index in [0.29, 0.717) is 35.6 Å². The number of halogens is 2. The van der Waals surface area contributed by atoms with E-state index in [2.05, 4.69) is 21.6 Å². The number of pyridine rings is 1. The number of nitrogen functional groups attached to an aromatic ring is 1. The Kier molecular flexibility index (Phi) is 7.00. The lowest BCUT2D eigenvalue weighted by molar-refractivity contribution is -0.125. The lowest BCUT2D eigenvalue weighted by Crippen LogP contribution is -2.27. The van der Waals surface area contributed by atoms with Gasteiger partial charge >= 0.3 is 0 Å². The second-order valence-electron chi connectivity index (χ2n) is 8.83. The number of carbonyl (C=O) groups excluding carboxylic acids is 2. The number of ether oxygens (including phenoxy) is 2. The van der Waals surface area contributed by atoms with Gasteiger partial charge in [-0.3, -0.25) is 14.3 Å². The van der Waals surface area contributed by atoms with Crippen molar-refractivity contribution in [2.45, 2.75) is 18.9 Å². The fourth-order valence-corrected chi connectivity index (χ4v) is 5.42. The molecule has 0 unspecified atom stereocenters. The zero-order valence-corrected chi connectivity index (χ0v) is 21.9. The Hall–Kier alpha value is -4.39. The maximum absolute atomic E-state index is 15.1. The number of thiazole rings is 1. The second kappa shape index (κ2) is 10.4. The van der Waals surface area contributed by atoms with E-state index in [-0.39, 0.29) is 40.3 Å². The minimum Gasteiger partial charge on any atom is -0.494 e. The van der Waals surface area contributed by atoms with Gasteiger partial charge in [0, 0.05) is 48.9 Å². The Morgan fingerprint density at radius 2 is 1.95 bits per heavy atom. The number of aromatic nitrogens is 4. The van der Waals surface area contributed by atoms with Gasteiger partial charge < -0.3 is 20.1 Å². The molecule has 10 nitrogen and oxygen atoms in total. The maximum atomic E-state index is 15.1. The first kappa shape index (κ1) is 26.2. The van der Waals surface area contributed by atoms with E-state index in [1.54, 1.807) is 27.4 Å². The number of amides is 1. The quantitative estimate of drug-likeness (QED) is 0.257. The van der Waals surface area contributed by atoms with Crippen LogP contribution in [-0.2, 0) is 11.2 Å². The SMILES string of the molecule is C=CC(=O)N1CC[C@H](n2nc(C(=O)Cc3c(F)c(OC)cc(OC)c3F)c3c(N)ncc(-c4nccs4)c32)C1. The van der Waals surface area contributed by atoms with Crippen molar-refractivity contribution in [2.75, 3.05) is 33.0 Å². The minimum atomic E-state index is -1.02. The summed E-state index contributed by atoms with van der Waals surface area (Å²) in [6.45, 7) is 4.34. The molecule has 1 aromatic carbocycles. The van der Waals surface area contributed by atoms with E-state index in [0.717, 1.165) is 6.07 Å². The highest BCUT2D eigenvalue weighted by Crippen LogP contribution is 2.38. The van der Waals surface area contributed by atoms with Crippen molar-refractivity contribution in [1.29, 1.82) is 0 Å². The number of methoxy groups -OCH3 is 2. The number of rotatable bonds is 8. The molecule has 1 fully saturated rings. The highest BCUT2D eigenvalue weighted by Gasteiger charge is 2.33. The molecule has 3 aromatic heterocycles. The van der Waals surface area contributed by atoms with Gasteiger partial charge in [-0.1, -0.05) is 6.58 Å². The van der Waals surface area contributed by atoms with Gasteiger partial charge in [0.1, 0.15) is 16.5 Å². The van der Waals surface area contributed by atoms with Crippen LogP contribution >= 0.6 is 11.3 Å². The number of carbonyl (C=O) groups is 2. The monoisotopic (exact) mass is 554 g/mol. The van der Waals surface area contributed by atoms with Crippen molar-refractivity contribution in [2.24, 2.45) is 0 Å². The van der Waals surface area contributed by atoms with Crippen molar-refractivity contribution in [3.8, 4) is 22.1 Å². The molecule has 0 bridgehead atoms. The second-order valence-corrected chi connectivity index (χ2v) is 9.72. The summed E-state index contributed by atoms with van der Waals surface area (Å²) in [5.74, 6) is -3.44. The topological polar surface area (TPSA) is 125 Å². The molecule has 39 heavy (non-hydrogen) atoms. The number of fused-ring (bicyclic) bond motifs is 1. The molecule has 1 aliphatic rings. The smallest absolute Gasteiger partial charge is 0.246 e. The van der Waals surface area contributed by atoms with Crippen LogP contribution in [0.4, 0.5) is 14.6 Å². The molecular weight excluding hydrogens is 530 g/mol. The van der Waals surface area contributed by atoms with Crippen LogP contribution in [0.25, 0.3) is 21.5 Å². The lowest BCUT2D eigenvalue weighted by Gasteiger charge is -2.16. The van der Waals surface area contributed by atoms with Crippen molar-refractivity contribution < 1.29 is 27.8 Å². The maximum Gasteiger partial charge on any atom is 0.246 e. The third-order valence-electron chi connectivity index (χ3n) is 6.68. The first-order valence-electron chi connectivity index (χ1n) is 11.9. The van der Waals surface area contributed by atoms with Crippen LogP contribution in [0.1, 0.15) is 28.5 Å². The number of nitrogens with two attached hydrogens (primary N) is 1. The van der Waals surface area contributed by atoms with Gasteiger partial charge in [-0.2, -0.15) is 5.10 Å². The molecule has 0 spiro atoms. The van der Waals surface area contributed by atoms with E-state index in [1.165, 1.54) is 31.6 Å². The number of benzene rings is 1.